The van der Waals surface area contributed by atoms with E-state index in [-0.39, 0.29) is 0 Å². The standard InChI is InChI=1S/C22H21Br/c1-14-11-21-15(2)20-10-8-18(23)12-17(20)13-22(21)19(14)9-7-16-5-3-4-6-16/h3-5,8,10-13,15H,6-7,9H2,1-2H3. The number of benzene rings is 1. The zero-order valence-electron chi connectivity index (χ0n) is 13.7. The van der Waals surface area contributed by atoms with Crippen molar-refractivity contribution in [2.75, 3.05) is 0 Å². The minimum absolute atomic E-state index is 0.484. The van der Waals surface area contributed by atoms with Gasteiger partial charge in [0.05, 0.1) is 0 Å². The molecular weight excluding hydrogens is 344 g/mol. The van der Waals surface area contributed by atoms with Gasteiger partial charge in [-0.1, -0.05) is 58.8 Å². The highest BCUT2D eigenvalue weighted by Crippen LogP contribution is 2.47. The molecule has 3 aliphatic rings. The van der Waals surface area contributed by atoms with E-state index in [1.165, 1.54) is 34.3 Å². The van der Waals surface area contributed by atoms with Gasteiger partial charge in [0.1, 0.15) is 0 Å². The fourth-order valence-corrected chi connectivity index (χ4v) is 4.37. The lowest BCUT2D eigenvalue weighted by atomic mass is 9.79. The Kier molecular flexibility index (Phi) is 3.77. The summed E-state index contributed by atoms with van der Waals surface area (Å²) in [4.78, 5) is 0. The summed E-state index contributed by atoms with van der Waals surface area (Å²) in [7, 11) is 0. The second-order valence-corrected chi connectivity index (χ2v) is 7.69. The van der Waals surface area contributed by atoms with Crippen molar-refractivity contribution in [1.82, 2.24) is 0 Å². The molecular formula is C22H21Br. The highest BCUT2D eigenvalue weighted by molar-refractivity contribution is 9.10. The largest absolute Gasteiger partial charge is 0.0805 e. The van der Waals surface area contributed by atoms with Crippen LogP contribution in [0.5, 0.6) is 0 Å². The van der Waals surface area contributed by atoms with Crippen molar-refractivity contribution < 1.29 is 0 Å². The zero-order chi connectivity index (χ0) is 16.0. The summed E-state index contributed by atoms with van der Waals surface area (Å²) >= 11 is 3.62. The van der Waals surface area contributed by atoms with E-state index in [1.807, 2.05) is 0 Å². The zero-order valence-corrected chi connectivity index (χ0v) is 15.3. The molecule has 4 rings (SSSR count). The van der Waals surface area contributed by atoms with E-state index in [4.69, 9.17) is 0 Å². The van der Waals surface area contributed by atoms with Crippen LogP contribution in [-0.2, 0) is 0 Å². The summed E-state index contributed by atoms with van der Waals surface area (Å²) in [6, 6.07) is 6.68. The minimum Gasteiger partial charge on any atom is -0.0805 e. The molecule has 3 aliphatic carbocycles. The van der Waals surface area contributed by atoms with Gasteiger partial charge in [-0.25, -0.2) is 0 Å². The van der Waals surface area contributed by atoms with Crippen LogP contribution in [0.4, 0.5) is 0 Å². The quantitative estimate of drug-likeness (QED) is 0.548. The lowest BCUT2D eigenvalue weighted by molar-refractivity contribution is 0.874. The van der Waals surface area contributed by atoms with E-state index in [9.17, 15) is 0 Å². The van der Waals surface area contributed by atoms with Gasteiger partial charge < -0.3 is 0 Å². The molecule has 1 aromatic rings. The first kappa shape index (κ1) is 15.0. The van der Waals surface area contributed by atoms with Gasteiger partial charge in [-0.15, -0.1) is 0 Å². The lowest BCUT2D eigenvalue weighted by Crippen LogP contribution is -2.07. The van der Waals surface area contributed by atoms with Crippen LogP contribution in [0.15, 0.2) is 74.8 Å². The monoisotopic (exact) mass is 364 g/mol. The fourth-order valence-electron chi connectivity index (χ4n) is 4.00. The maximum atomic E-state index is 3.62. The fraction of sp³-hybridized carbons (Fsp3) is 0.273. The molecule has 1 atom stereocenters. The molecule has 116 valence electrons. The molecule has 0 radical (unpaired) electrons. The first-order valence-corrected chi connectivity index (χ1v) is 9.20. The van der Waals surface area contributed by atoms with Crippen LogP contribution in [0, 0.1) is 0 Å². The van der Waals surface area contributed by atoms with Crippen LogP contribution in [0.25, 0.3) is 6.08 Å². The predicted molar refractivity (Wildman–Crippen MR) is 102 cm³/mol. The Labute approximate surface area is 147 Å². The number of rotatable bonds is 3. The first-order chi connectivity index (χ1) is 11.1. The van der Waals surface area contributed by atoms with Crippen molar-refractivity contribution in [3.05, 3.63) is 86.0 Å². The Hall–Kier alpha value is -1.60. The summed E-state index contributed by atoms with van der Waals surface area (Å²) in [6.45, 7) is 4.61. The molecule has 0 saturated heterocycles. The van der Waals surface area contributed by atoms with Crippen LogP contribution < -0.4 is 0 Å². The Morgan fingerprint density at radius 2 is 2.04 bits per heavy atom. The molecule has 0 aromatic heterocycles. The number of hydrogen-bond acceptors (Lipinski definition) is 0. The summed E-state index contributed by atoms with van der Waals surface area (Å²) in [5.74, 6) is 0.484. The van der Waals surface area contributed by atoms with E-state index in [1.54, 1.807) is 11.1 Å². The van der Waals surface area contributed by atoms with E-state index in [2.05, 4.69) is 78.4 Å². The van der Waals surface area contributed by atoms with Gasteiger partial charge in [-0.3, -0.25) is 0 Å². The van der Waals surface area contributed by atoms with Gasteiger partial charge in [-0.2, -0.15) is 0 Å². The second kappa shape index (κ2) is 5.79. The highest BCUT2D eigenvalue weighted by Gasteiger charge is 2.29. The van der Waals surface area contributed by atoms with Crippen LogP contribution in [0.2, 0.25) is 0 Å². The molecule has 0 heterocycles. The molecule has 1 aromatic carbocycles. The molecule has 0 amide bonds. The van der Waals surface area contributed by atoms with Crippen LogP contribution in [-0.4, -0.2) is 0 Å². The molecule has 0 saturated carbocycles. The van der Waals surface area contributed by atoms with E-state index in [0.29, 0.717) is 5.92 Å². The molecule has 0 fully saturated rings. The summed E-state index contributed by atoms with van der Waals surface area (Å²) in [5, 5.41) is 0. The van der Waals surface area contributed by atoms with Crippen molar-refractivity contribution in [3.63, 3.8) is 0 Å². The van der Waals surface area contributed by atoms with Crippen LogP contribution >= 0.6 is 15.9 Å². The number of halogens is 1. The number of fused-ring (bicyclic) bond motifs is 2. The third-order valence-electron chi connectivity index (χ3n) is 5.31. The van der Waals surface area contributed by atoms with Crippen molar-refractivity contribution in [1.29, 1.82) is 0 Å². The topological polar surface area (TPSA) is 0 Å². The molecule has 0 aliphatic heterocycles. The summed E-state index contributed by atoms with van der Waals surface area (Å²) < 4.78 is 1.16. The number of allylic oxidation sites excluding steroid dienone is 9. The van der Waals surface area contributed by atoms with Crippen LogP contribution in [0.1, 0.15) is 50.2 Å². The molecule has 1 unspecified atom stereocenters. The molecule has 0 N–H and O–H groups in total. The maximum absolute atomic E-state index is 3.62. The Morgan fingerprint density at radius 1 is 1.17 bits per heavy atom. The number of hydrogen-bond donors (Lipinski definition) is 0. The third kappa shape index (κ3) is 2.61. The van der Waals surface area contributed by atoms with Crippen molar-refractivity contribution in [2.24, 2.45) is 0 Å². The highest BCUT2D eigenvalue weighted by atomic mass is 79.9. The smallest absolute Gasteiger partial charge is 0.0181 e. The predicted octanol–water partition coefficient (Wildman–Crippen LogP) is 6.87. The molecule has 0 spiro atoms. The normalized spacial score (nSPS) is 21.9. The van der Waals surface area contributed by atoms with E-state index < -0.39 is 0 Å². The SMILES string of the molecule is CC1=C(CCC2=CC=CC2)C2=Cc3cc(Br)ccc3C(C)C2=C1. The third-order valence-corrected chi connectivity index (χ3v) is 5.80. The molecule has 23 heavy (non-hydrogen) atoms. The maximum Gasteiger partial charge on any atom is 0.0181 e. The summed E-state index contributed by atoms with van der Waals surface area (Å²) in [5.41, 5.74) is 10.4. The average Bonchev–Trinajstić information content (AvgIpc) is 3.13. The first-order valence-electron chi connectivity index (χ1n) is 8.41. The Bertz CT molecular complexity index is 828. The van der Waals surface area contributed by atoms with Gasteiger partial charge in [-0.05, 0) is 77.8 Å². The molecule has 0 bridgehead atoms. The van der Waals surface area contributed by atoms with E-state index in [0.717, 1.165) is 17.3 Å². The molecule has 1 heteroatoms. The lowest BCUT2D eigenvalue weighted by Gasteiger charge is -2.25. The van der Waals surface area contributed by atoms with Crippen molar-refractivity contribution in [3.8, 4) is 0 Å². The Morgan fingerprint density at radius 3 is 2.83 bits per heavy atom. The van der Waals surface area contributed by atoms with E-state index >= 15 is 0 Å². The van der Waals surface area contributed by atoms with Gasteiger partial charge in [0.15, 0.2) is 0 Å². The molecule has 0 nitrogen and oxygen atoms in total. The Balaban J connectivity index is 1.67. The van der Waals surface area contributed by atoms with Gasteiger partial charge >= 0.3 is 0 Å². The van der Waals surface area contributed by atoms with Crippen molar-refractivity contribution in [2.45, 2.75) is 39.0 Å². The van der Waals surface area contributed by atoms with Gasteiger partial charge in [0.2, 0.25) is 0 Å². The minimum atomic E-state index is 0.484. The van der Waals surface area contributed by atoms with Crippen LogP contribution in [0.3, 0.4) is 0 Å². The van der Waals surface area contributed by atoms with Gasteiger partial charge in [0.25, 0.3) is 0 Å². The van der Waals surface area contributed by atoms with Crippen molar-refractivity contribution >= 4 is 22.0 Å². The van der Waals surface area contributed by atoms with Gasteiger partial charge in [0, 0.05) is 10.4 Å². The average molecular weight is 365 g/mol. The second-order valence-electron chi connectivity index (χ2n) is 6.77. The summed E-state index contributed by atoms with van der Waals surface area (Å²) in [6.07, 6.45) is 15.0.